The average molecular weight is 225 g/mol. The first-order valence-electron chi connectivity index (χ1n) is 5.30. The van der Waals surface area contributed by atoms with Gasteiger partial charge in [0.25, 0.3) is 0 Å². The predicted octanol–water partition coefficient (Wildman–Crippen LogP) is 2.08. The van der Waals surface area contributed by atoms with Crippen LogP contribution in [0, 0.1) is 5.92 Å². The fraction of sp³-hybridized carbons (Fsp3) is 1.00. The summed E-state index contributed by atoms with van der Waals surface area (Å²) in [5, 5.41) is 11.8. The molecule has 0 aromatic rings. The maximum atomic E-state index is 12.6. The van der Waals surface area contributed by atoms with Gasteiger partial charge in [-0.05, 0) is 32.7 Å². The van der Waals surface area contributed by atoms with Gasteiger partial charge in [0.05, 0.1) is 5.92 Å². The summed E-state index contributed by atoms with van der Waals surface area (Å²) in [5.74, 6) is -1.22. The number of hydrogen-bond acceptors (Lipinski definition) is 2. The number of halogens is 3. The van der Waals surface area contributed by atoms with Gasteiger partial charge in [-0.15, -0.1) is 0 Å². The Morgan fingerprint density at radius 2 is 2.13 bits per heavy atom. The molecule has 0 bridgehead atoms. The molecular weight excluding hydrogens is 207 g/mol. The first kappa shape index (κ1) is 12.8. The Kier molecular flexibility index (Phi) is 4.00. The summed E-state index contributed by atoms with van der Waals surface area (Å²) < 4.78 is 37.7. The lowest BCUT2D eigenvalue weighted by atomic mass is 9.74. The smallest absolute Gasteiger partial charge is 0.391 e. The molecule has 1 rings (SSSR count). The maximum absolute atomic E-state index is 12.6. The molecule has 1 aliphatic carbocycles. The molecule has 0 aromatic heterocycles. The van der Waals surface area contributed by atoms with Crippen LogP contribution < -0.4 is 5.32 Å². The normalized spacial score (nSPS) is 33.0. The summed E-state index contributed by atoms with van der Waals surface area (Å²) in [5.41, 5.74) is -0.521. The van der Waals surface area contributed by atoms with E-state index in [-0.39, 0.29) is 19.4 Å². The van der Waals surface area contributed by atoms with Crippen molar-refractivity contribution in [3.8, 4) is 0 Å². The van der Waals surface area contributed by atoms with Gasteiger partial charge in [0.2, 0.25) is 0 Å². The summed E-state index contributed by atoms with van der Waals surface area (Å²) in [4.78, 5) is 0. The SMILES string of the molecule is CNC1(CCO)CCCC(C(F)(F)F)C1. The first-order chi connectivity index (χ1) is 6.93. The molecule has 15 heavy (non-hydrogen) atoms. The lowest BCUT2D eigenvalue weighted by Crippen LogP contribution is -2.49. The molecule has 2 unspecified atom stereocenters. The average Bonchev–Trinajstić information content (AvgIpc) is 2.17. The van der Waals surface area contributed by atoms with Crippen molar-refractivity contribution >= 4 is 0 Å². The van der Waals surface area contributed by atoms with Gasteiger partial charge in [-0.1, -0.05) is 6.42 Å². The zero-order chi connectivity index (χ0) is 11.5. The van der Waals surface area contributed by atoms with E-state index in [1.54, 1.807) is 7.05 Å². The van der Waals surface area contributed by atoms with Crippen molar-refractivity contribution in [3.63, 3.8) is 0 Å². The largest absolute Gasteiger partial charge is 0.396 e. The van der Waals surface area contributed by atoms with E-state index in [2.05, 4.69) is 5.32 Å². The van der Waals surface area contributed by atoms with Crippen molar-refractivity contribution in [3.05, 3.63) is 0 Å². The van der Waals surface area contributed by atoms with Gasteiger partial charge in [0.1, 0.15) is 0 Å². The molecule has 0 heterocycles. The fourth-order valence-electron chi connectivity index (χ4n) is 2.44. The van der Waals surface area contributed by atoms with Crippen LogP contribution in [0.4, 0.5) is 13.2 Å². The van der Waals surface area contributed by atoms with E-state index in [0.29, 0.717) is 12.8 Å². The Morgan fingerprint density at radius 3 is 2.60 bits per heavy atom. The Hall–Kier alpha value is -0.290. The Morgan fingerprint density at radius 1 is 1.47 bits per heavy atom. The quantitative estimate of drug-likeness (QED) is 0.770. The van der Waals surface area contributed by atoms with Crippen LogP contribution in [0.25, 0.3) is 0 Å². The van der Waals surface area contributed by atoms with Crippen LogP contribution in [0.2, 0.25) is 0 Å². The molecule has 2 atom stereocenters. The Labute approximate surface area is 87.9 Å². The van der Waals surface area contributed by atoms with E-state index in [4.69, 9.17) is 5.11 Å². The van der Waals surface area contributed by atoms with Gasteiger partial charge < -0.3 is 10.4 Å². The number of alkyl halides is 3. The van der Waals surface area contributed by atoms with Crippen molar-refractivity contribution in [1.29, 1.82) is 0 Å². The molecular formula is C10H18F3NO. The molecule has 0 radical (unpaired) electrons. The highest BCUT2D eigenvalue weighted by Crippen LogP contribution is 2.42. The van der Waals surface area contributed by atoms with E-state index < -0.39 is 17.6 Å². The Bertz CT molecular complexity index is 203. The van der Waals surface area contributed by atoms with Crippen molar-refractivity contribution in [2.75, 3.05) is 13.7 Å². The number of aliphatic hydroxyl groups excluding tert-OH is 1. The molecule has 1 fully saturated rings. The fourth-order valence-corrected chi connectivity index (χ4v) is 2.44. The Balaban J connectivity index is 2.68. The molecule has 0 aromatic carbocycles. The van der Waals surface area contributed by atoms with E-state index in [9.17, 15) is 13.2 Å². The van der Waals surface area contributed by atoms with Gasteiger partial charge in [-0.25, -0.2) is 0 Å². The topological polar surface area (TPSA) is 32.3 Å². The molecule has 5 heteroatoms. The molecule has 0 spiro atoms. The van der Waals surface area contributed by atoms with E-state index in [1.807, 2.05) is 0 Å². The van der Waals surface area contributed by atoms with Crippen LogP contribution >= 0.6 is 0 Å². The lowest BCUT2D eigenvalue weighted by Gasteiger charge is -2.41. The lowest BCUT2D eigenvalue weighted by molar-refractivity contribution is -0.188. The zero-order valence-electron chi connectivity index (χ0n) is 8.90. The molecule has 2 N–H and O–H groups in total. The number of hydrogen-bond donors (Lipinski definition) is 2. The molecule has 0 amide bonds. The minimum atomic E-state index is -4.10. The van der Waals surface area contributed by atoms with Gasteiger partial charge >= 0.3 is 6.18 Å². The van der Waals surface area contributed by atoms with Crippen LogP contribution in [-0.4, -0.2) is 30.5 Å². The van der Waals surface area contributed by atoms with Gasteiger partial charge in [-0.2, -0.15) is 13.2 Å². The number of rotatable bonds is 3. The predicted molar refractivity (Wildman–Crippen MR) is 51.5 cm³/mol. The molecule has 0 saturated heterocycles. The maximum Gasteiger partial charge on any atom is 0.391 e. The highest BCUT2D eigenvalue weighted by atomic mass is 19.4. The second-order valence-corrected chi connectivity index (χ2v) is 4.34. The number of nitrogens with one attached hydrogen (secondary N) is 1. The molecule has 90 valence electrons. The van der Waals surface area contributed by atoms with Crippen molar-refractivity contribution < 1.29 is 18.3 Å². The van der Waals surface area contributed by atoms with Crippen molar-refractivity contribution in [1.82, 2.24) is 5.32 Å². The third kappa shape index (κ3) is 3.08. The standard InChI is InChI=1S/C10H18F3NO/c1-14-9(5-6-15)4-2-3-8(7-9)10(11,12)13/h8,14-15H,2-7H2,1H3. The zero-order valence-corrected chi connectivity index (χ0v) is 8.90. The molecule has 0 aliphatic heterocycles. The first-order valence-corrected chi connectivity index (χ1v) is 5.30. The number of aliphatic hydroxyl groups is 1. The highest BCUT2D eigenvalue weighted by molar-refractivity contribution is 4.94. The van der Waals surface area contributed by atoms with Crippen LogP contribution in [0.1, 0.15) is 32.1 Å². The third-order valence-electron chi connectivity index (χ3n) is 3.43. The van der Waals surface area contributed by atoms with E-state index in [1.165, 1.54) is 0 Å². The summed E-state index contributed by atoms with van der Waals surface area (Å²) in [6.07, 6.45) is -2.10. The van der Waals surface area contributed by atoms with Gasteiger partial charge in [0.15, 0.2) is 0 Å². The summed E-state index contributed by atoms with van der Waals surface area (Å²) in [7, 11) is 1.68. The summed E-state index contributed by atoms with van der Waals surface area (Å²) in [6.45, 7) is -0.0641. The van der Waals surface area contributed by atoms with Crippen molar-refractivity contribution in [2.45, 2.75) is 43.8 Å². The third-order valence-corrected chi connectivity index (χ3v) is 3.43. The van der Waals surface area contributed by atoms with Crippen LogP contribution in [0.15, 0.2) is 0 Å². The summed E-state index contributed by atoms with van der Waals surface area (Å²) in [6, 6.07) is 0. The van der Waals surface area contributed by atoms with E-state index in [0.717, 1.165) is 6.42 Å². The second-order valence-electron chi connectivity index (χ2n) is 4.34. The monoisotopic (exact) mass is 225 g/mol. The van der Waals surface area contributed by atoms with E-state index >= 15 is 0 Å². The van der Waals surface area contributed by atoms with Crippen molar-refractivity contribution in [2.24, 2.45) is 5.92 Å². The summed E-state index contributed by atoms with van der Waals surface area (Å²) >= 11 is 0. The minimum absolute atomic E-state index is 0.0641. The van der Waals surface area contributed by atoms with Crippen LogP contribution in [0.3, 0.4) is 0 Å². The molecule has 1 saturated carbocycles. The van der Waals surface area contributed by atoms with Crippen LogP contribution in [0.5, 0.6) is 0 Å². The second kappa shape index (κ2) is 4.70. The molecule has 2 nitrogen and oxygen atoms in total. The molecule has 1 aliphatic rings. The highest BCUT2D eigenvalue weighted by Gasteiger charge is 2.46. The van der Waals surface area contributed by atoms with Gasteiger partial charge in [0, 0.05) is 12.1 Å². The van der Waals surface area contributed by atoms with Gasteiger partial charge in [-0.3, -0.25) is 0 Å². The van der Waals surface area contributed by atoms with Crippen LogP contribution in [-0.2, 0) is 0 Å². The minimum Gasteiger partial charge on any atom is -0.396 e.